The third kappa shape index (κ3) is 5.20. The van der Waals surface area contributed by atoms with E-state index in [1.807, 2.05) is 30.6 Å². The molecule has 0 aliphatic carbocycles. The van der Waals surface area contributed by atoms with E-state index < -0.39 is 21.8 Å². The van der Waals surface area contributed by atoms with E-state index in [1.165, 1.54) is 30.5 Å². The number of sulfonamides is 1. The Morgan fingerprint density at radius 1 is 0.818 bits per heavy atom. The number of para-hydroxylation sites is 1. The Morgan fingerprint density at radius 2 is 1.52 bits per heavy atom. The van der Waals surface area contributed by atoms with Gasteiger partial charge >= 0.3 is 0 Å². The van der Waals surface area contributed by atoms with Crippen LogP contribution in [0.4, 0.5) is 0 Å². The largest absolute Gasteiger partial charge is 0.468 e. The molecule has 10 heteroatoms. The highest BCUT2D eigenvalue weighted by atomic mass is 32.2. The van der Waals surface area contributed by atoms with Crippen molar-refractivity contribution in [2.75, 3.05) is 0 Å². The Balaban J connectivity index is 1.38. The number of carbonyl (C=O) groups excluding carboxylic acids is 2. The van der Waals surface area contributed by atoms with E-state index in [-0.39, 0.29) is 17.0 Å². The number of furan rings is 1. The van der Waals surface area contributed by atoms with Crippen molar-refractivity contribution in [2.24, 2.45) is 0 Å². The summed E-state index contributed by atoms with van der Waals surface area (Å²) in [5, 5.41) is 0. The lowest BCUT2D eigenvalue weighted by atomic mass is 10.1. The zero-order chi connectivity index (χ0) is 23.3. The highest BCUT2D eigenvalue weighted by molar-refractivity contribution is 7.89. The second-order valence-electron chi connectivity index (χ2n) is 6.94. The molecule has 0 aliphatic heterocycles. The van der Waals surface area contributed by atoms with Gasteiger partial charge < -0.3 is 8.98 Å². The minimum Gasteiger partial charge on any atom is -0.468 e. The van der Waals surface area contributed by atoms with Crippen LogP contribution in [0, 0.1) is 0 Å². The third-order valence-electron chi connectivity index (χ3n) is 4.76. The standard InChI is InChI=1S/C23H20N4O5S/c28-22(25-26-23(29)20-7-1-2-8-21(20)27-13-3-4-14-27)17-9-11-19(12-10-17)33(30,31)24-16-18-6-5-15-32-18/h1-15,24H,16H2,(H,25,28)(H,26,29). The maximum absolute atomic E-state index is 12.6. The number of hydrogen-bond acceptors (Lipinski definition) is 5. The van der Waals surface area contributed by atoms with Gasteiger partial charge in [0.25, 0.3) is 11.8 Å². The minimum absolute atomic E-state index is 0.00436. The summed E-state index contributed by atoms with van der Waals surface area (Å²) in [5.41, 5.74) is 5.94. The summed E-state index contributed by atoms with van der Waals surface area (Å²) < 4.78 is 34.1. The molecular formula is C23H20N4O5S. The average molecular weight is 465 g/mol. The highest BCUT2D eigenvalue weighted by Gasteiger charge is 2.17. The number of carbonyl (C=O) groups is 2. The summed E-state index contributed by atoms with van der Waals surface area (Å²) in [7, 11) is -3.78. The van der Waals surface area contributed by atoms with E-state index in [0.29, 0.717) is 17.0 Å². The van der Waals surface area contributed by atoms with Crippen LogP contribution < -0.4 is 15.6 Å². The summed E-state index contributed by atoms with van der Waals surface area (Å²) in [4.78, 5) is 25.0. The van der Waals surface area contributed by atoms with Crippen molar-refractivity contribution in [3.8, 4) is 5.69 Å². The highest BCUT2D eigenvalue weighted by Crippen LogP contribution is 2.15. The number of aromatic nitrogens is 1. The number of rotatable bonds is 7. The molecule has 2 aromatic heterocycles. The van der Waals surface area contributed by atoms with Gasteiger partial charge in [-0.25, -0.2) is 13.1 Å². The summed E-state index contributed by atoms with van der Waals surface area (Å²) in [6.45, 7) is 0.00802. The first kappa shape index (κ1) is 22.1. The Kier molecular flexibility index (Phi) is 6.38. The topological polar surface area (TPSA) is 122 Å². The van der Waals surface area contributed by atoms with Gasteiger partial charge in [0.05, 0.1) is 29.0 Å². The molecule has 0 atom stereocenters. The number of nitrogens with zero attached hydrogens (tertiary/aromatic N) is 1. The van der Waals surface area contributed by atoms with Crippen LogP contribution in [0.1, 0.15) is 26.5 Å². The second-order valence-corrected chi connectivity index (χ2v) is 8.71. The van der Waals surface area contributed by atoms with E-state index in [1.54, 1.807) is 34.9 Å². The molecule has 0 bridgehead atoms. The van der Waals surface area contributed by atoms with Gasteiger partial charge in [0, 0.05) is 18.0 Å². The van der Waals surface area contributed by atoms with Crippen molar-refractivity contribution in [3.05, 3.63) is 108 Å². The van der Waals surface area contributed by atoms with Crippen molar-refractivity contribution in [1.82, 2.24) is 20.1 Å². The molecule has 0 radical (unpaired) electrons. The van der Waals surface area contributed by atoms with Crippen molar-refractivity contribution < 1.29 is 22.4 Å². The fourth-order valence-electron chi connectivity index (χ4n) is 3.09. The van der Waals surface area contributed by atoms with Crippen molar-refractivity contribution in [1.29, 1.82) is 0 Å². The van der Waals surface area contributed by atoms with E-state index in [4.69, 9.17) is 4.42 Å². The molecule has 0 saturated carbocycles. The molecule has 168 valence electrons. The Hall–Kier alpha value is -4.15. The number of benzene rings is 2. The Morgan fingerprint density at radius 3 is 2.21 bits per heavy atom. The van der Waals surface area contributed by atoms with E-state index >= 15 is 0 Å². The number of nitrogens with one attached hydrogen (secondary N) is 3. The Labute approximate surface area is 190 Å². The van der Waals surface area contributed by atoms with Gasteiger partial charge in [-0.3, -0.25) is 20.4 Å². The monoisotopic (exact) mass is 464 g/mol. The molecule has 0 aliphatic rings. The van der Waals surface area contributed by atoms with Crippen LogP contribution in [0.2, 0.25) is 0 Å². The van der Waals surface area contributed by atoms with Crippen LogP contribution in [-0.2, 0) is 16.6 Å². The summed E-state index contributed by atoms with van der Waals surface area (Å²) in [5.74, 6) is -0.605. The van der Waals surface area contributed by atoms with E-state index in [9.17, 15) is 18.0 Å². The predicted molar refractivity (Wildman–Crippen MR) is 120 cm³/mol. The normalized spacial score (nSPS) is 11.2. The lowest BCUT2D eigenvalue weighted by molar-refractivity contribution is 0.0846. The molecule has 2 amide bonds. The fourth-order valence-corrected chi connectivity index (χ4v) is 4.08. The molecule has 4 rings (SSSR count). The SMILES string of the molecule is O=C(NNC(=O)c1ccccc1-n1cccc1)c1ccc(S(=O)(=O)NCc2ccco2)cc1. The van der Waals surface area contributed by atoms with Crippen molar-refractivity contribution in [3.63, 3.8) is 0 Å². The Bertz CT molecular complexity index is 1350. The van der Waals surface area contributed by atoms with Gasteiger partial charge in [0.15, 0.2) is 0 Å². The molecule has 2 heterocycles. The zero-order valence-electron chi connectivity index (χ0n) is 17.3. The first-order valence-corrected chi connectivity index (χ1v) is 11.4. The van der Waals surface area contributed by atoms with E-state index in [0.717, 1.165) is 0 Å². The lowest BCUT2D eigenvalue weighted by Crippen LogP contribution is -2.42. The first-order chi connectivity index (χ1) is 15.9. The molecule has 0 saturated heterocycles. The van der Waals surface area contributed by atoms with Gasteiger partial charge in [0.1, 0.15) is 5.76 Å². The van der Waals surface area contributed by atoms with Crippen molar-refractivity contribution in [2.45, 2.75) is 11.4 Å². The number of hydrogen-bond donors (Lipinski definition) is 3. The van der Waals surface area contributed by atoms with E-state index in [2.05, 4.69) is 15.6 Å². The van der Waals surface area contributed by atoms with Crippen LogP contribution in [0.3, 0.4) is 0 Å². The molecule has 4 aromatic rings. The molecule has 0 unspecified atom stereocenters. The first-order valence-electron chi connectivity index (χ1n) is 9.89. The summed E-state index contributed by atoms with van der Waals surface area (Å²) in [6.07, 6.45) is 5.07. The lowest BCUT2D eigenvalue weighted by Gasteiger charge is -2.12. The smallest absolute Gasteiger partial charge is 0.271 e. The molecule has 33 heavy (non-hydrogen) atoms. The van der Waals surface area contributed by atoms with Crippen LogP contribution >= 0.6 is 0 Å². The van der Waals surface area contributed by atoms with Gasteiger partial charge in [-0.05, 0) is 60.7 Å². The fraction of sp³-hybridized carbons (Fsp3) is 0.0435. The maximum atomic E-state index is 12.6. The molecule has 9 nitrogen and oxygen atoms in total. The maximum Gasteiger partial charge on any atom is 0.271 e. The molecule has 2 aromatic carbocycles. The van der Waals surface area contributed by atoms with Crippen LogP contribution in [-0.4, -0.2) is 24.8 Å². The molecular weight excluding hydrogens is 444 g/mol. The number of amides is 2. The van der Waals surface area contributed by atoms with Crippen LogP contribution in [0.15, 0.2) is 101 Å². The third-order valence-corrected chi connectivity index (χ3v) is 6.18. The van der Waals surface area contributed by atoms with Crippen LogP contribution in [0.25, 0.3) is 5.69 Å². The van der Waals surface area contributed by atoms with Crippen LogP contribution in [0.5, 0.6) is 0 Å². The number of hydrazine groups is 1. The van der Waals surface area contributed by atoms with Crippen molar-refractivity contribution >= 4 is 21.8 Å². The van der Waals surface area contributed by atoms with Gasteiger partial charge in [-0.15, -0.1) is 0 Å². The molecule has 0 fully saturated rings. The quantitative estimate of drug-likeness (QED) is 0.363. The predicted octanol–water partition coefficient (Wildman–Crippen LogP) is 2.62. The van der Waals surface area contributed by atoms with Gasteiger partial charge in [-0.2, -0.15) is 0 Å². The van der Waals surface area contributed by atoms with Gasteiger partial charge in [0.2, 0.25) is 10.0 Å². The summed E-state index contributed by atoms with van der Waals surface area (Å²) in [6, 6.07) is 19.3. The second kappa shape index (κ2) is 9.55. The zero-order valence-corrected chi connectivity index (χ0v) is 18.1. The molecule has 0 spiro atoms. The average Bonchev–Trinajstić information content (AvgIpc) is 3.56. The molecule has 3 N–H and O–H groups in total. The van der Waals surface area contributed by atoms with Gasteiger partial charge in [-0.1, -0.05) is 12.1 Å². The summed E-state index contributed by atoms with van der Waals surface area (Å²) >= 11 is 0. The minimum atomic E-state index is -3.78.